The second kappa shape index (κ2) is 6.72. The van der Waals surface area contributed by atoms with E-state index in [1.807, 2.05) is 31.3 Å². The van der Waals surface area contributed by atoms with Crippen molar-refractivity contribution in [3.8, 4) is 5.88 Å². The monoisotopic (exact) mass is 286 g/mol. The molecule has 0 saturated carbocycles. The summed E-state index contributed by atoms with van der Waals surface area (Å²) in [6, 6.07) is 7.85. The number of aromatic nitrogens is 2. The Kier molecular flexibility index (Phi) is 4.50. The number of nitrogens with zero attached hydrogens (tertiary/aromatic N) is 2. The number of hydrogen-bond donors (Lipinski definition) is 2. The first-order valence-electron chi connectivity index (χ1n) is 7.65. The maximum absolute atomic E-state index is 5.87. The molecule has 21 heavy (non-hydrogen) atoms. The van der Waals surface area contributed by atoms with Crippen LogP contribution in [0.15, 0.2) is 24.3 Å². The highest BCUT2D eigenvalue weighted by Crippen LogP contribution is 2.23. The average Bonchev–Trinajstić information content (AvgIpc) is 2.55. The fourth-order valence-corrected chi connectivity index (χ4v) is 2.74. The Labute approximate surface area is 125 Å². The Bertz CT molecular complexity index is 596. The summed E-state index contributed by atoms with van der Waals surface area (Å²) in [6.07, 6.45) is 3.62. The molecule has 0 aliphatic carbocycles. The summed E-state index contributed by atoms with van der Waals surface area (Å²) in [6.45, 7) is 2.94. The minimum absolute atomic E-state index is 0.597. The van der Waals surface area contributed by atoms with Crippen LogP contribution >= 0.6 is 0 Å². The lowest BCUT2D eigenvalue weighted by atomic mass is 9.97. The first-order chi connectivity index (χ1) is 10.4. The average molecular weight is 286 g/mol. The molecule has 5 nitrogen and oxygen atoms in total. The van der Waals surface area contributed by atoms with Crippen molar-refractivity contribution in [3.05, 3.63) is 24.3 Å². The predicted molar refractivity (Wildman–Crippen MR) is 84.8 cm³/mol. The summed E-state index contributed by atoms with van der Waals surface area (Å²) in [5.74, 6) is 2.01. The molecule has 0 amide bonds. The highest BCUT2D eigenvalue weighted by Gasteiger charge is 2.14. The Morgan fingerprint density at radius 1 is 1.29 bits per heavy atom. The van der Waals surface area contributed by atoms with E-state index >= 15 is 0 Å². The molecule has 1 unspecified atom stereocenters. The largest absolute Gasteiger partial charge is 0.475 e. The molecule has 1 fully saturated rings. The lowest BCUT2D eigenvalue weighted by Gasteiger charge is -2.22. The third-order valence-corrected chi connectivity index (χ3v) is 3.94. The first-order valence-corrected chi connectivity index (χ1v) is 7.65. The number of hydrogen-bond acceptors (Lipinski definition) is 5. The zero-order chi connectivity index (χ0) is 14.5. The molecule has 1 aliphatic heterocycles. The van der Waals surface area contributed by atoms with Crippen LogP contribution < -0.4 is 15.4 Å². The van der Waals surface area contributed by atoms with Gasteiger partial charge >= 0.3 is 0 Å². The molecule has 0 spiro atoms. The molecule has 1 saturated heterocycles. The van der Waals surface area contributed by atoms with Crippen LogP contribution in [-0.2, 0) is 0 Å². The molecular formula is C16H22N4O. The fraction of sp³-hybridized carbons (Fsp3) is 0.500. The number of nitrogens with one attached hydrogen (secondary N) is 2. The number of para-hydroxylation sites is 2. The van der Waals surface area contributed by atoms with E-state index in [1.54, 1.807) is 0 Å². The molecule has 2 heterocycles. The van der Waals surface area contributed by atoms with E-state index in [2.05, 4.69) is 20.6 Å². The summed E-state index contributed by atoms with van der Waals surface area (Å²) >= 11 is 0. The van der Waals surface area contributed by atoms with Crippen molar-refractivity contribution in [2.45, 2.75) is 19.3 Å². The number of ether oxygens (including phenoxy) is 1. The topological polar surface area (TPSA) is 59.1 Å². The smallest absolute Gasteiger partial charge is 0.258 e. The van der Waals surface area contributed by atoms with Crippen molar-refractivity contribution in [2.24, 2.45) is 5.92 Å². The van der Waals surface area contributed by atoms with Gasteiger partial charge in [0.15, 0.2) is 5.82 Å². The van der Waals surface area contributed by atoms with Crippen LogP contribution in [0.1, 0.15) is 19.3 Å². The zero-order valence-electron chi connectivity index (χ0n) is 12.4. The molecule has 0 radical (unpaired) electrons. The van der Waals surface area contributed by atoms with Crippen molar-refractivity contribution in [1.29, 1.82) is 0 Å². The van der Waals surface area contributed by atoms with E-state index in [4.69, 9.17) is 4.74 Å². The Morgan fingerprint density at radius 2 is 2.10 bits per heavy atom. The molecule has 1 aromatic heterocycles. The van der Waals surface area contributed by atoms with Crippen molar-refractivity contribution < 1.29 is 4.74 Å². The van der Waals surface area contributed by atoms with Crippen molar-refractivity contribution in [2.75, 3.05) is 32.1 Å². The second-order valence-corrected chi connectivity index (χ2v) is 5.47. The minimum Gasteiger partial charge on any atom is -0.475 e. The fourth-order valence-electron chi connectivity index (χ4n) is 2.74. The maximum atomic E-state index is 5.87. The van der Waals surface area contributed by atoms with Gasteiger partial charge in [0, 0.05) is 7.05 Å². The van der Waals surface area contributed by atoms with Crippen LogP contribution in [0, 0.1) is 5.92 Å². The molecule has 1 aliphatic rings. The molecule has 2 aromatic rings. The van der Waals surface area contributed by atoms with Gasteiger partial charge in [-0.2, -0.15) is 0 Å². The van der Waals surface area contributed by atoms with Gasteiger partial charge in [0.25, 0.3) is 5.88 Å². The van der Waals surface area contributed by atoms with Crippen LogP contribution in [-0.4, -0.2) is 36.7 Å². The molecular weight excluding hydrogens is 264 g/mol. The number of anilines is 1. The van der Waals surface area contributed by atoms with Gasteiger partial charge in [-0.3, -0.25) is 0 Å². The summed E-state index contributed by atoms with van der Waals surface area (Å²) < 4.78 is 5.87. The lowest BCUT2D eigenvalue weighted by molar-refractivity contribution is 0.248. The van der Waals surface area contributed by atoms with E-state index in [9.17, 15) is 0 Å². The number of fused-ring (bicyclic) bond motifs is 1. The van der Waals surface area contributed by atoms with Crippen LogP contribution in [0.25, 0.3) is 11.0 Å². The van der Waals surface area contributed by atoms with E-state index in [1.165, 1.54) is 12.8 Å². The van der Waals surface area contributed by atoms with Gasteiger partial charge in [-0.15, -0.1) is 0 Å². The molecule has 2 N–H and O–H groups in total. The Hall–Kier alpha value is -1.88. The molecule has 1 aromatic carbocycles. The Balaban J connectivity index is 1.67. The van der Waals surface area contributed by atoms with Crippen LogP contribution in [0.4, 0.5) is 5.82 Å². The van der Waals surface area contributed by atoms with E-state index < -0.39 is 0 Å². The van der Waals surface area contributed by atoms with Crippen molar-refractivity contribution in [3.63, 3.8) is 0 Å². The number of rotatable bonds is 5. The lowest BCUT2D eigenvalue weighted by Crippen LogP contribution is -2.30. The molecule has 112 valence electrons. The number of benzene rings is 1. The van der Waals surface area contributed by atoms with Gasteiger partial charge in [0.2, 0.25) is 0 Å². The summed E-state index contributed by atoms with van der Waals surface area (Å²) in [4.78, 5) is 9.11. The van der Waals surface area contributed by atoms with Crippen LogP contribution in [0.2, 0.25) is 0 Å². The highest BCUT2D eigenvalue weighted by atomic mass is 16.5. The van der Waals surface area contributed by atoms with Crippen molar-refractivity contribution >= 4 is 16.9 Å². The summed E-state index contributed by atoms with van der Waals surface area (Å²) in [5, 5.41) is 6.50. The molecule has 0 bridgehead atoms. The van der Waals surface area contributed by atoms with Gasteiger partial charge in [0.05, 0.1) is 17.6 Å². The summed E-state index contributed by atoms with van der Waals surface area (Å²) in [7, 11) is 1.84. The molecule has 1 atom stereocenters. The predicted octanol–water partition coefficient (Wildman–Crippen LogP) is 2.44. The van der Waals surface area contributed by atoms with E-state index in [0.29, 0.717) is 24.2 Å². The highest BCUT2D eigenvalue weighted by molar-refractivity contribution is 5.77. The number of piperidine rings is 1. The van der Waals surface area contributed by atoms with Gasteiger partial charge in [-0.05, 0) is 50.4 Å². The first kappa shape index (κ1) is 14.1. The maximum Gasteiger partial charge on any atom is 0.258 e. The second-order valence-electron chi connectivity index (χ2n) is 5.47. The molecule has 3 rings (SSSR count). The minimum atomic E-state index is 0.597. The van der Waals surface area contributed by atoms with E-state index in [-0.39, 0.29) is 0 Å². The quantitative estimate of drug-likeness (QED) is 0.884. The van der Waals surface area contributed by atoms with Crippen LogP contribution in [0.3, 0.4) is 0 Å². The van der Waals surface area contributed by atoms with Gasteiger partial charge in [-0.25, -0.2) is 9.97 Å². The zero-order valence-corrected chi connectivity index (χ0v) is 12.4. The third-order valence-electron chi connectivity index (χ3n) is 3.94. The van der Waals surface area contributed by atoms with Gasteiger partial charge in [0.1, 0.15) is 0 Å². The van der Waals surface area contributed by atoms with E-state index in [0.717, 1.165) is 30.5 Å². The van der Waals surface area contributed by atoms with Gasteiger partial charge < -0.3 is 15.4 Å². The standard InChI is InChI=1S/C16H22N4O/c1-17-15-16(20-14-7-3-2-6-13(14)19-15)21-10-8-12-5-4-9-18-11-12/h2-3,6-7,12,18H,4-5,8-11H2,1H3,(H,17,19). The normalized spacial score (nSPS) is 18.6. The SMILES string of the molecule is CNc1nc2ccccc2nc1OCCC1CCCNC1. The Morgan fingerprint density at radius 3 is 2.81 bits per heavy atom. The van der Waals surface area contributed by atoms with Gasteiger partial charge in [-0.1, -0.05) is 12.1 Å². The van der Waals surface area contributed by atoms with Crippen LogP contribution in [0.5, 0.6) is 5.88 Å². The third kappa shape index (κ3) is 3.42. The molecule has 5 heteroatoms. The summed E-state index contributed by atoms with van der Waals surface area (Å²) in [5.41, 5.74) is 1.75. The van der Waals surface area contributed by atoms with Crippen molar-refractivity contribution in [1.82, 2.24) is 15.3 Å².